The first-order valence-corrected chi connectivity index (χ1v) is 11.6. The minimum absolute atomic E-state index is 0.187. The molecule has 0 fully saturated rings. The highest BCUT2D eigenvalue weighted by Crippen LogP contribution is 2.25. The van der Waals surface area contributed by atoms with E-state index in [9.17, 15) is 9.59 Å². The molecular formula is C28H22N6O2. The van der Waals surface area contributed by atoms with Crippen molar-refractivity contribution in [2.45, 2.75) is 19.9 Å². The molecule has 36 heavy (non-hydrogen) atoms. The molecule has 0 saturated carbocycles. The molecule has 3 heterocycles. The SMILES string of the molecule is Cc1nn2cccnc2c1C(=O)NC(C)c1nc2ccc3ccccc3c2c(=O)n1-c1ccccc1. The number of carbonyl (C=O) groups excluding carboxylic acids is 1. The number of hydrogen-bond donors (Lipinski definition) is 1. The molecule has 8 nitrogen and oxygen atoms in total. The lowest BCUT2D eigenvalue weighted by molar-refractivity contribution is 0.0938. The third kappa shape index (κ3) is 3.42. The number of carbonyl (C=O) groups is 1. The van der Waals surface area contributed by atoms with Gasteiger partial charge in [0.1, 0.15) is 11.4 Å². The van der Waals surface area contributed by atoms with Crippen LogP contribution in [0.25, 0.3) is 33.0 Å². The summed E-state index contributed by atoms with van der Waals surface area (Å²) in [7, 11) is 0. The number of nitrogens with zero attached hydrogens (tertiary/aromatic N) is 5. The summed E-state index contributed by atoms with van der Waals surface area (Å²) in [5.74, 6) is 0.102. The molecule has 0 aliphatic rings. The van der Waals surface area contributed by atoms with Crippen molar-refractivity contribution in [2.24, 2.45) is 0 Å². The maximum atomic E-state index is 14.0. The van der Waals surface area contributed by atoms with Crippen LogP contribution in [0.2, 0.25) is 0 Å². The second-order valence-electron chi connectivity index (χ2n) is 8.67. The van der Waals surface area contributed by atoms with E-state index in [-0.39, 0.29) is 11.5 Å². The average molecular weight is 475 g/mol. The van der Waals surface area contributed by atoms with Crippen LogP contribution < -0.4 is 10.9 Å². The van der Waals surface area contributed by atoms with Gasteiger partial charge in [0.15, 0.2) is 5.65 Å². The Kier molecular flexibility index (Phi) is 5.07. The zero-order valence-electron chi connectivity index (χ0n) is 19.7. The Morgan fingerprint density at radius 2 is 1.75 bits per heavy atom. The predicted octanol–water partition coefficient (Wildman–Crippen LogP) is 4.38. The lowest BCUT2D eigenvalue weighted by Gasteiger charge is -2.20. The normalized spacial score (nSPS) is 12.3. The second kappa shape index (κ2) is 8.42. The molecule has 6 rings (SSSR count). The van der Waals surface area contributed by atoms with Crippen LogP contribution >= 0.6 is 0 Å². The Morgan fingerprint density at radius 3 is 2.58 bits per heavy atom. The van der Waals surface area contributed by atoms with Gasteiger partial charge in [-0.05, 0) is 48.9 Å². The first-order valence-electron chi connectivity index (χ1n) is 11.6. The van der Waals surface area contributed by atoms with Crippen LogP contribution in [0.1, 0.15) is 34.8 Å². The quantitative estimate of drug-likeness (QED) is 0.383. The molecule has 0 spiro atoms. The van der Waals surface area contributed by atoms with E-state index in [4.69, 9.17) is 4.98 Å². The highest BCUT2D eigenvalue weighted by atomic mass is 16.2. The van der Waals surface area contributed by atoms with Crippen LogP contribution in [0.4, 0.5) is 0 Å². The van der Waals surface area contributed by atoms with E-state index < -0.39 is 6.04 Å². The fourth-order valence-electron chi connectivity index (χ4n) is 4.68. The Morgan fingerprint density at radius 1 is 0.972 bits per heavy atom. The van der Waals surface area contributed by atoms with Crippen molar-refractivity contribution in [3.8, 4) is 5.69 Å². The molecular weight excluding hydrogens is 452 g/mol. The van der Waals surface area contributed by atoms with Crippen LogP contribution in [-0.2, 0) is 0 Å². The minimum Gasteiger partial charge on any atom is -0.342 e. The number of aromatic nitrogens is 5. The molecule has 3 aromatic carbocycles. The first-order chi connectivity index (χ1) is 17.5. The largest absolute Gasteiger partial charge is 0.342 e. The average Bonchev–Trinajstić information content (AvgIpc) is 3.24. The van der Waals surface area contributed by atoms with E-state index in [1.807, 2.05) is 73.7 Å². The topological polar surface area (TPSA) is 94.2 Å². The monoisotopic (exact) mass is 474 g/mol. The summed E-state index contributed by atoms with van der Waals surface area (Å²) < 4.78 is 3.16. The fraction of sp³-hybridized carbons (Fsp3) is 0.107. The van der Waals surface area contributed by atoms with Crippen LogP contribution in [0.15, 0.2) is 90.0 Å². The van der Waals surface area contributed by atoms with Gasteiger partial charge in [-0.1, -0.05) is 48.5 Å². The lowest BCUT2D eigenvalue weighted by Crippen LogP contribution is -2.33. The standard InChI is InChI=1S/C28H22N6O2/c1-17-23(26-29-15-8-16-33(26)32-17)27(35)30-18(2)25-31-22-14-13-19-9-6-7-12-21(19)24(22)28(36)34(25)20-10-4-3-5-11-20/h3-16,18H,1-2H3,(H,30,35). The molecule has 1 N–H and O–H groups in total. The molecule has 1 unspecified atom stereocenters. The molecule has 6 aromatic rings. The molecule has 8 heteroatoms. The molecule has 0 bridgehead atoms. The minimum atomic E-state index is -0.584. The highest BCUT2D eigenvalue weighted by Gasteiger charge is 2.24. The third-order valence-corrected chi connectivity index (χ3v) is 6.33. The summed E-state index contributed by atoms with van der Waals surface area (Å²) in [5.41, 5.74) is 2.50. The molecule has 176 valence electrons. The molecule has 1 amide bonds. The van der Waals surface area contributed by atoms with Gasteiger partial charge in [0.05, 0.1) is 28.3 Å². The zero-order valence-corrected chi connectivity index (χ0v) is 19.7. The smallest absolute Gasteiger partial charge is 0.266 e. The molecule has 0 radical (unpaired) electrons. The van der Waals surface area contributed by atoms with Crippen molar-refractivity contribution < 1.29 is 4.79 Å². The molecule has 3 aromatic heterocycles. The second-order valence-corrected chi connectivity index (χ2v) is 8.67. The van der Waals surface area contributed by atoms with Crippen molar-refractivity contribution in [2.75, 3.05) is 0 Å². The van der Waals surface area contributed by atoms with Crippen molar-refractivity contribution >= 4 is 33.2 Å². The van der Waals surface area contributed by atoms with Crippen LogP contribution in [0.5, 0.6) is 0 Å². The number of benzene rings is 3. The van der Waals surface area contributed by atoms with Crippen LogP contribution in [0.3, 0.4) is 0 Å². The summed E-state index contributed by atoms with van der Waals surface area (Å²) in [4.78, 5) is 36.6. The van der Waals surface area contributed by atoms with E-state index in [1.165, 1.54) is 0 Å². The van der Waals surface area contributed by atoms with Crippen molar-refractivity contribution in [1.29, 1.82) is 0 Å². The van der Waals surface area contributed by atoms with Gasteiger partial charge in [-0.25, -0.2) is 14.5 Å². The number of amides is 1. The van der Waals surface area contributed by atoms with Gasteiger partial charge in [-0.3, -0.25) is 14.2 Å². The van der Waals surface area contributed by atoms with E-state index in [0.717, 1.165) is 10.8 Å². The summed E-state index contributed by atoms with van der Waals surface area (Å²) in [6.07, 6.45) is 3.37. The fourth-order valence-corrected chi connectivity index (χ4v) is 4.68. The molecule has 0 aliphatic heterocycles. The Balaban J connectivity index is 1.52. The third-order valence-electron chi connectivity index (χ3n) is 6.33. The van der Waals surface area contributed by atoms with E-state index in [0.29, 0.717) is 39.3 Å². The first kappa shape index (κ1) is 21.7. The molecule has 0 aliphatic carbocycles. The van der Waals surface area contributed by atoms with E-state index >= 15 is 0 Å². The number of para-hydroxylation sites is 1. The van der Waals surface area contributed by atoms with Gasteiger partial charge in [0, 0.05) is 12.4 Å². The van der Waals surface area contributed by atoms with E-state index in [1.54, 1.807) is 34.5 Å². The Hall–Kier alpha value is -4.85. The van der Waals surface area contributed by atoms with Crippen molar-refractivity contribution in [3.63, 3.8) is 0 Å². The summed E-state index contributed by atoms with van der Waals surface area (Å²) in [6.45, 7) is 3.59. The summed E-state index contributed by atoms with van der Waals surface area (Å²) in [6, 6.07) is 22.1. The maximum absolute atomic E-state index is 14.0. The van der Waals surface area contributed by atoms with Gasteiger partial charge in [-0.2, -0.15) is 5.10 Å². The number of fused-ring (bicyclic) bond motifs is 4. The summed E-state index contributed by atoms with van der Waals surface area (Å²) in [5, 5.41) is 9.75. The maximum Gasteiger partial charge on any atom is 0.266 e. The Labute approximate surface area is 205 Å². The number of aryl methyl sites for hydroxylation is 1. The van der Waals surface area contributed by atoms with Gasteiger partial charge < -0.3 is 5.32 Å². The van der Waals surface area contributed by atoms with Crippen LogP contribution in [0, 0.1) is 6.92 Å². The van der Waals surface area contributed by atoms with Gasteiger partial charge in [0.25, 0.3) is 11.5 Å². The van der Waals surface area contributed by atoms with Gasteiger partial charge in [0.2, 0.25) is 0 Å². The van der Waals surface area contributed by atoms with E-state index in [2.05, 4.69) is 15.4 Å². The Bertz CT molecular complexity index is 1840. The zero-order chi connectivity index (χ0) is 24.8. The van der Waals surface area contributed by atoms with Crippen LogP contribution in [-0.4, -0.2) is 30.1 Å². The number of nitrogens with one attached hydrogen (secondary N) is 1. The van der Waals surface area contributed by atoms with Gasteiger partial charge >= 0.3 is 0 Å². The molecule has 1 atom stereocenters. The predicted molar refractivity (Wildman–Crippen MR) is 138 cm³/mol. The highest BCUT2D eigenvalue weighted by molar-refractivity contribution is 6.05. The lowest BCUT2D eigenvalue weighted by atomic mass is 10.1. The number of rotatable bonds is 4. The van der Waals surface area contributed by atoms with Crippen molar-refractivity contribution in [1.82, 2.24) is 29.5 Å². The molecule has 0 saturated heterocycles. The van der Waals surface area contributed by atoms with Gasteiger partial charge in [-0.15, -0.1) is 0 Å². The van der Waals surface area contributed by atoms with Crippen molar-refractivity contribution in [3.05, 3.63) is 113 Å². The number of hydrogen-bond acceptors (Lipinski definition) is 5. The summed E-state index contributed by atoms with van der Waals surface area (Å²) >= 11 is 0.